The minimum absolute atomic E-state index is 0.248. The van der Waals surface area contributed by atoms with E-state index < -0.39 is 5.97 Å². The number of carbonyl (C=O) groups excluding carboxylic acids is 2. The van der Waals surface area contributed by atoms with Crippen LogP contribution >= 0.6 is 11.3 Å². The van der Waals surface area contributed by atoms with Crippen molar-refractivity contribution in [3.63, 3.8) is 0 Å². The van der Waals surface area contributed by atoms with Gasteiger partial charge in [-0.2, -0.15) is 0 Å². The zero-order chi connectivity index (χ0) is 19.2. The van der Waals surface area contributed by atoms with Gasteiger partial charge in [0.25, 0.3) is 5.91 Å². The maximum atomic E-state index is 12.5. The monoisotopic (exact) mass is 382 g/mol. The Hall–Kier alpha value is -3.19. The molecule has 138 valence electrons. The van der Waals surface area contributed by atoms with Crippen LogP contribution in [0, 0.1) is 6.92 Å². The molecule has 0 atom stereocenters. The van der Waals surface area contributed by atoms with E-state index in [0.29, 0.717) is 28.4 Å². The predicted molar refractivity (Wildman–Crippen MR) is 103 cm³/mol. The normalized spacial score (nSPS) is 10.3. The average Bonchev–Trinajstić information content (AvgIpc) is 3.08. The molecular weight excluding hydrogens is 364 g/mol. The van der Waals surface area contributed by atoms with Crippen molar-refractivity contribution in [2.24, 2.45) is 0 Å². The molecule has 0 fully saturated rings. The molecule has 0 spiro atoms. The van der Waals surface area contributed by atoms with Crippen molar-refractivity contribution in [3.05, 3.63) is 75.7 Å². The lowest BCUT2D eigenvalue weighted by molar-refractivity contribution is 0.0600. The third-order valence-electron chi connectivity index (χ3n) is 3.72. The number of amides is 1. The van der Waals surface area contributed by atoms with Gasteiger partial charge in [0.05, 0.1) is 18.4 Å². The molecule has 7 heteroatoms. The largest absolute Gasteiger partial charge is 0.486 e. The number of hydrogen-bond donors (Lipinski definition) is 1. The van der Waals surface area contributed by atoms with Crippen molar-refractivity contribution in [2.75, 3.05) is 12.4 Å². The van der Waals surface area contributed by atoms with E-state index in [0.717, 1.165) is 10.8 Å². The minimum Gasteiger partial charge on any atom is -0.486 e. The van der Waals surface area contributed by atoms with Gasteiger partial charge in [-0.1, -0.05) is 18.2 Å². The fraction of sp³-hybridized carbons (Fsp3) is 0.150. The van der Waals surface area contributed by atoms with Crippen LogP contribution < -0.4 is 10.1 Å². The molecule has 0 aliphatic carbocycles. The summed E-state index contributed by atoms with van der Waals surface area (Å²) in [5, 5.41) is 3.53. The molecule has 6 nitrogen and oxygen atoms in total. The highest BCUT2D eigenvalue weighted by atomic mass is 32.1. The Morgan fingerprint density at radius 3 is 2.44 bits per heavy atom. The molecular formula is C20H18N2O4S. The summed E-state index contributed by atoms with van der Waals surface area (Å²) in [5.74, 6) is 0.0815. The van der Waals surface area contributed by atoms with Gasteiger partial charge < -0.3 is 14.8 Å². The molecule has 0 bridgehead atoms. The number of methoxy groups -OCH3 is 1. The topological polar surface area (TPSA) is 77.5 Å². The van der Waals surface area contributed by atoms with Crippen LogP contribution in [-0.2, 0) is 11.3 Å². The highest BCUT2D eigenvalue weighted by Gasteiger charge is 2.16. The molecule has 2 aromatic carbocycles. The van der Waals surface area contributed by atoms with Gasteiger partial charge in [-0.3, -0.25) is 4.79 Å². The summed E-state index contributed by atoms with van der Waals surface area (Å²) < 4.78 is 10.3. The van der Waals surface area contributed by atoms with Crippen LogP contribution in [0.25, 0.3) is 0 Å². The van der Waals surface area contributed by atoms with Gasteiger partial charge in [-0.15, -0.1) is 11.3 Å². The Labute approximate surface area is 160 Å². The second kappa shape index (κ2) is 8.46. The van der Waals surface area contributed by atoms with Crippen LogP contribution in [-0.4, -0.2) is 24.0 Å². The van der Waals surface area contributed by atoms with E-state index in [1.807, 2.05) is 30.3 Å². The Kier molecular flexibility index (Phi) is 5.83. The molecule has 3 aromatic rings. The summed E-state index contributed by atoms with van der Waals surface area (Å²) in [6.07, 6.45) is 0. The number of aromatic nitrogens is 1. The fourth-order valence-corrected chi connectivity index (χ4v) is 3.25. The summed E-state index contributed by atoms with van der Waals surface area (Å²) in [6.45, 7) is 2.09. The SMILES string of the molecule is COC(=O)c1ccc(NC(=O)c2sc(COc3ccccc3)nc2C)cc1. The van der Waals surface area contributed by atoms with Gasteiger partial charge in [0.1, 0.15) is 22.2 Å². The maximum absolute atomic E-state index is 12.5. The first-order chi connectivity index (χ1) is 13.1. The number of hydrogen-bond acceptors (Lipinski definition) is 6. The summed E-state index contributed by atoms with van der Waals surface area (Å²) in [7, 11) is 1.32. The van der Waals surface area contributed by atoms with Crippen molar-refractivity contribution < 1.29 is 19.1 Å². The highest BCUT2D eigenvalue weighted by molar-refractivity contribution is 7.13. The van der Waals surface area contributed by atoms with Gasteiger partial charge in [0, 0.05) is 5.69 Å². The quantitative estimate of drug-likeness (QED) is 0.650. The highest BCUT2D eigenvalue weighted by Crippen LogP contribution is 2.22. The Bertz CT molecular complexity index is 936. The minimum atomic E-state index is -0.422. The number of nitrogens with zero attached hydrogens (tertiary/aromatic N) is 1. The van der Waals surface area contributed by atoms with E-state index in [-0.39, 0.29) is 5.91 Å². The molecule has 1 amide bonds. The number of thiazole rings is 1. The molecule has 0 saturated heterocycles. The standard InChI is InChI=1S/C20H18N2O4S/c1-13-18(27-17(21-13)12-26-16-6-4-3-5-7-16)19(23)22-15-10-8-14(9-11-15)20(24)25-2/h3-11H,12H2,1-2H3,(H,22,23). The summed E-state index contributed by atoms with van der Waals surface area (Å²) in [4.78, 5) is 28.9. The molecule has 1 aromatic heterocycles. The van der Waals surface area contributed by atoms with Crippen molar-refractivity contribution in [1.82, 2.24) is 4.98 Å². The zero-order valence-corrected chi connectivity index (χ0v) is 15.7. The second-order valence-corrected chi connectivity index (χ2v) is 6.73. The third-order valence-corrected chi connectivity index (χ3v) is 4.85. The predicted octanol–water partition coefficient (Wildman–Crippen LogP) is 4.07. The molecule has 27 heavy (non-hydrogen) atoms. The fourth-order valence-electron chi connectivity index (χ4n) is 2.38. The Morgan fingerprint density at radius 2 is 1.78 bits per heavy atom. The molecule has 1 N–H and O–H groups in total. The number of benzene rings is 2. The lowest BCUT2D eigenvalue weighted by Crippen LogP contribution is -2.11. The average molecular weight is 382 g/mol. The second-order valence-electron chi connectivity index (χ2n) is 5.65. The van der Waals surface area contributed by atoms with Crippen LogP contribution in [0.4, 0.5) is 5.69 Å². The number of nitrogens with one attached hydrogen (secondary N) is 1. The van der Waals surface area contributed by atoms with Gasteiger partial charge in [-0.05, 0) is 43.3 Å². The third kappa shape index (κ3) is 4.71. The number of anilines is 1. The van der Waals surface area contributed by atoms with Crippen molar-refractivity contribution in [3.8, 4) is 5.75 Å². The Morgan fingerprint density at radius 1 is 1.07 bits per heavy atom. The number of esters is 1. The number of ether oxygens (including phenoxy) is 2. The van der Waals surface area contributed by atoms with Gasteiger partial charge >= 0.3 is 5.97 Å². The van der Waals surface area contributed by atoms with Crippen LogP contribution in [0.3, 0.4) is 0 Å². The van der Waals surface area contributed by atoms with E-state index >= 15 is 0 Å². The van der Waals surface area contributed by atoms with E-state index in [1.54, 1.807) is 31.2 Å². The van der Waals surface area contributed by atoms with Crippen LogP contribution in [0.1, 0.15) is 30.7 Å². The lowest BCUT2D eigenvalue weighted by Gasteiger charge is -2.05. The Balaban J connectivity index is 1.64. The summed E-state index contributed by atoms with van der Waals surface area (Å²) >= 11 is 1.30. The number of carbonyl (C=O) groups is 2. The van der Waals surface area contributed by atoms with E-state index in [1.165, 1.54) is 18.4 Å². The zero-order valence-electron chi connectivity index (χ0n) is 14.9. The number of rotatable bonds is 6. The van der Waals surface area contributed by atoms with E-state index in [4.69, 9.17) is 4.74 Å². The molecule has 1 heterocycles. The van der Waals surface area contributed by atoms with Crippen LogP contribution in [0.5, 0.6) is 5.75 Å². The molecule has 0 aliphatic rings. The molecule has 0 radical (unpaired) electrons. The molecule has 0 aliphatic heterocycles. The summed E-state index contributed by atoms with van der Waals surface area (Å²) in [5.41, 5.74) is 1.66. The van der Waals surface area contributed by atoms with Crippen LogP contribution in [0.15, 0.2) is 54.6 Å². The number of para-hydroxylation sites is 1. The van der Waals surface area contributed by atoms with Gasteiger partial charge in [0.15, 0.2) is 0 Å². The molecule has 0 unspecified atom stereocenters. The first-order valence-electron chi connectivity index (χ1n) is 8.20. The smallest absolute Gasteiger partial charge is 0.337 e. The summed E-state index contributed by atoms with van der Waals surface area (Å²) in [6, 6.07) is 15.9. The van der Waals surface area contributed by atoms with E-state index in [2.05, 4.69) is 15.0 Å². The first-order valence-corrected chi connectivity index (χ1v) is 9.02. The van der Waals surface area contributed by atoms with Crippen molar-refractivity contribution in [1.29, 1.82) is 0 Å². The lowest BCUT2D eigenvalue weighted by atomic mass is 10.2. The first kappa shape index (κ1) is 18.6. The molecule has 0 saturated carbocycles. The van der Waals surface area contributed by atoms with Crippen molar-refractivity contribution in [2.45, 2.75) is 13.5 Å². The van der Waals surface area contributed by atoms with Gasteiger partial charge in [0.2, 0.25) is 0 Å². The number of aryl methyl sites for hydroxylation is 1. The van der Waals surface area contributed by atoms with Crippen LogP contribution in [0.2, 0.25) is 0 Å². The van der Waals surface area contributed by atoms with Crippen molar-refractivity contribution >= 4 is 28.9 Å². The van der Waals surface area contributed by atoms with Gasteiger partial charge in [-0.25, -0.2) is 9.78 Å². The molecule has 3 rings (SSSR count). The van der Waals surface area contributed by atoms with E-state index in [9.17, 15) is 9.59 Å². The maximum Gasteiger partial charge on any atom is 0.337 e.